The second-order valence-electron chi connectivity index (χ2n) is 9.24. The maximum absolute atomic E-state index is 12.7. The molecule has 1 aliphatic rings. The van der Waals surface area contributed by atoms with Gasteiger partial charge in [-0.25, -0.2) is 4.79 Å². The minimum absolute atomic E-state index is 0.400. The average Bonchev–Trinajstić information content (AvgIpc) is 3.40. The van der Waals surface area contributed by atoms with E-state index in [0.717, 1.165) is 64.1 Å². The average molecular weight is 573 g/mol. The van der Waals surface area contributed by atoms with E-state index in [0.29, 0.717) is 24.1 Å². The largest absolute Gasteiger partial charge is 0.465 e. The molecule has 1 fully saturated rings. The number of nitriles is 1. The molecule has 7 nitrogen and oxygen atoms in total. The highest BCUT2D eigenvalue weighted by molar-refractivity contribution is 9.10. The lowest BCUT2D eigenvalue weighted by atomic mass is 10.00. The number of rotatable bonds is 8. The van der Waals surface area contributed by atoms with Gasteiger partial charge >= 0.3 is 5.97 Å². The van der Waals surface area contributed by atoms with Gasteiger partial charge in [-0.05, 0) is 65.9 Å². The second kappa shape index (κ2) is 11.7. The third-order valence-corrected chi connectivity index (χ3v) is 7.59. The molecular formula is C30H29BrN4O3. The number of halogens is 1. The van der Waals surface area contributed by atoms with Crippen LogP contribution in [0.25, 0.3) is 22.0 Å². The Kier molecular flexibility index (Phi) is 7.97. The van der Waals surface area contributed by atoms with Gasteiger partial charge in [-0.15, -0.1) is 0 Å². The summed E-state index contributed by atoms with van der Waals surface area (Å²) in [5, 5.41) is 14.3. The molecule has 1 aromatic heterocycles. The summed E-state index contributed by atoms with van der Waals surface area (Å²) in [4.78, 5) is 18.3. The molecule has 3 aromatic carbocycles. The highest BCUT2D eigenvalue weighted by atomic mass is 79.9. The summed E-state index contributed by atoms with van der Waals surface area (Å²) in [6, 6.07) is 21.8. The van der Waals surface area contributed by atoms with E-state index in [9.17, 15) is 10.1 Å². The Labute approximate surface area is 230 Å². The van der Waals surface area contributed by atoms with E-state index < -0.39 is 12.0 Å². The molecule has 0 amide bonds. The van der Waals surface area contributed by atoms with E-state index in [1.54, 1.807) is 0 Å². The van der Waals surface area contributed by atoms with Crippen LogP contribution < -0.4 is 10.2 Å². The number of ether oxygens (including phenoxy) is 2. The Morgan fingerprint density at radius 1 is 1.16 bits per heavy atom. The van der Waals surface area contributed by atoms with Crippen molar-refractivity contribution in [2.24, 2.45) is 0 Å². The molecule has 1 saturated heterocycles. The van der Waals surface area contributed by atoms with Crippen molar-refractivity contribution in [1.82, 2.24) is 4.98 Å². The first-order valence-electron chi connectivity index (χ1n) is 12.6. The van der Waals surface area contributed by atoms with E-state index >= 15 is 0 Å². The lowest BCUT2D eigenvalue weighted by Crippen LogP contribution is -2.36. The molecule has 8 heteroatoms. The number of carbonyl (C=O) groups excluding carboxylic acids is 1. The third kappa shape index (κ3) is 5.54. The van der Waals surface area contributed by atoms with Crippen molar-refractivity contribution in [2.75, 3.05) is 43.6 Å². The zero-order valence-corrected chi connectivity index (χ0v) is 22.8. The standard InChI is InChI=1S/C30H29BrN4O3/c1-37-30(36)25-17-21(20-6-10-24(11-7-20)35-13-15-38-16-14-35)8-12-27(25)34-23(18-32)9-5-22-19-33-28-4-2-3-26(31)29(22)28/h2-4,6-8,10-12,17,19,23,33-34H,5,9,13-16H2,1H3. The zero-order chi connectivity index (χ0) is 26.5. The van der Waals surface area contributed by atoms with Crippen LogP contribution in [0, 0.1) is 11.3 Å². The number of hydrogen-bond donors (Lipinski definition) is 2. The smallest absolute Gasteiger partial charge is 0.339 e. The summed E-state index contributed by atoms with van der Waals surface area (Å²) in [6.45, 7) is 3.23. The van der Waals surface area contributed by atoms with Gasteiger partial charge in [0.1, 0.15) is 6.04 Å². The Morgan fingerprint density at radius 2 is 1.92 bits per heavy atom. The quantitative estimate of drug-likeness (QED) is 0.246. The molecule has 1 atom stereocenters. The minimum atomic E-state index is -0.482. The minimum Gasteiger partial charge on any atom is -0.465 e. The molecule has 2 N–H and O–H groups in total. The molecule has 0 radical (unpaired) electrons. The fraction of sp³-hybridized carbons (Fsp3) is 0.267. The predicted molar refractivity (Wildman–Crippen MR) is 154 cm³/mol. The fourth-order valence-corrected chi connectivity index (χ4v) is 5.50. The van der Waals surface area contributed by atoms with Gasteiger partial charge in [0.25, 0.3) is 0 Å². The second-order valence-corrected chi connectivity index (χ2v) is 10.1. The van der Waals surface area contributed by atoms with Crippen LogP contribution in [-0.2, 0) is 15.9 Å². The number of benzene rings is 3. The van der Waals surface area contributed by atoms with E-state index in [4.69, 9.17) is 9.47 Å². The number of esters is 1. The van der Waals surface area contributed by atoms with Crippen molar-refractivity contribution >= 4 is 44.2 Å². The lowest BCUT2D eigenvalue weighted by Gasteiger charge is -2.29. The number of methoxy groups -OCH3 is 1. The first-order chi connectivity index (χ1) is 18.6. The Hall–Kier alpha value is -3.80. The van der Waals surface area contributed by atoms with Crippen LogP contribution in [-0.4, -0.2) is 50.4 Å². The molecule has 2 heterocycles. The molecule has 0 aliphatic carbocycles. The maximum atomic E-state index is 12.7. The highest BCUT2D eigenvalue weighted by Gasteiger charge is 2.18. The van der Waals surface area contributed by atoms with Crippen LogP contribution in [0.2, 0.25) is 0 Å². The van der Waals surface area contributed by atoms with E-state index in [1.807, 2.05) is 42.6 Å². The number of nitrogens with zero attached hydrogens (tertiary/aromatic N) is 2. The molecule has 0 bridgehead atoms. The van der Waals surface area contributed by atoms with Gasteiger partial charge in [0, 0.05) is 46.0 Å². The topological polar surface area (TPSA) is 90.4 Å². The molecule has 1 unspecified atom stereocenters. The first kappa shape index (κ1) is 25.8. The van der Waals surface area contributed by atoms with Crippen LogP contribution in [0.3, 0.4) is 0 Å². The van der Waals surface area contributed by atoms with Crippen LogP contribution in [0.5, 0.6) is 0 Å². The van der Waals surface area contributed by atoms with Crippen molar-refractivity contribution < 1.29 is 14.3 Å². The van der Waals surface area contributed by atoms with E-state index in [2.05, 4.69) is 61.5 Å². The monoisotopic (exact) mass is 572 g/mol. The maximum Gasteiger partial charge on any atom is 0.339 e. The van der Waals surface area contributed by atoms with Crippen LogP contribution in [0.1, 0.15) is 22.3 Å². The van der Waals surface area contributed by atoms with Gasteiger partial charge in [-0.2, -0.15) is 5.26 Å². The number of aryl methyl sites for hydroxylation is 1. The molecule has 5 rings (SSSR count). The summed E-state index contributed by atoms with van der Waals surface area (Å²) < 4.78 is 11.5. The van der Waals surface area contributed by atoms with E-state index in [1.165, 1.54) is 7.11 Å². The van der Waals surface area contributed by atoms with Gasteiger partial charge in [0.05, 0.1) is 32.0 Å². The normalized spacial score (nSPS) is 14.2. The summed E-state index contributed by atoms with van der Waals surface area (Å²) in [5.41, 5.74) is 6.23. The molecule has 0 spiro atoms. The summed E-state index contributed by atoms with van der Waals surface area (Å²) >= 11 is 3.63. The van der Waals surface area contributed by atoms with Crippen LogP contribution in [0.15, 0.2) is 71.3 Å². The number of anilines is 2. The lowest BCUT2D eigenvalue weighted by molar-refractivity contribution is 0.0602. The number of carbonyl (C=O) groups is 1. The van der Waals surface area contributed by atoms with Gasteiger partial charge in [-0.3, -0.25) is 0 Å². The third-order valence-electron chi connectivity index (χ3n) is 6.93. The Balaban J connectivity index is 1.33. The predicted octanol–water partition coefficient (Wildman–Crippen LogP) is 6.16. The summed E-state index contributed by atoms with van der Waals surface area (Å²) in [5.74, 6) is -0.448. The molecule has 194 valence electrons. The van der Waals surface area contributed by atoms with E-state index in [-0.39, 0.29) is 0 Å². The Bertz CT molecular complexity index is 1470. The van der Waals surface area contributed by atoms with Gasteiger partial charge < -0.3 is 24.7 Å². The van der Waals surface area contributed by atoms with Gasteiger partial charge in [0.15, 0.2) is 0 Å². The highest BCUT2D eigenvalue weighted by Crippen LogP contribution is 2.30. The van der Waals surface area contributed by atoms with Crippen molar-refractivity contribution in [1.29, 1.82) is 5.26 Å². The number of H-pyrrole nitrogens is 1. The van der Waals surface area contributed by atoms with Gasteiger partial charge in [0.2, 0.25) is 0 Å². The van der Waals surface area contributed by atoms with Crippen molar-refractivity contribution in [3.63, 3.8) is 0 Å². The van der Waals surface area contributed by atoms with Gasteiger partial charge in [-0.1, -0.05) is 40.2 Å². The molecule has 38 heavy (non-hydrogen) atoms. The number of morpholine rings is 1. The van der Waals surface area contributed by atoms with Crippen molar-refractivity contribution in [3.05, 3.63) is 82.5 Å². The fourth-order valence-electron chi connectivity index (χ4n) is 4.88. The number of aromatic amines is 1. The molecule has 4 aromatic rings. The number of fused-ring (bicyclic) bond motifs is 1. The van der Waals surface area contributed by atoms with Crippen LogP contribution >= 0.6 is 15.9 Å². The summed E-state index contributed by atoms with van der Waals surface area (Å²) in [6.07, 6.45) is 3.27. The van der Waals surface area contributed by atoms with Crippen molar-refractivity contribution in [3.8, 4) is 17.2 Å². The number of aromatic nitrogens is 1. The first-order valence-corrected chi connectivity index (χ1v) is 13.4. The SMILES string of the molecule is COC(=O)c1cc(-c2ccc(N3CCOCC3)cc2)ccc1NC(C#N)CCc1c[nH]c2cccc(Br)c12. The molecule has 0 saturated carbocycles. The summed E-state index contributed by atoms with van der Waals surface area (Å²) in [7, 11) is 1.37. The zero-order valence-electron chi connectivity index (χ0n) is 21.2. The number of nitrogens with one attached hydrogen (secondary N) is 2. The molecule has 1 aliphatic heterocycles. The Morgan fingerprint density at radius 3 is 2.66 bits per heavy atom. The van der Waals surface area contributed by atoms with Crippen LogP contribution in [0.4, 0.5) is 11.4 Å². The number of hydrogen-bond acceptors (Lipinski definition) is 6. The van der Waals surface area contributed by atoms with Crippen molar-refractivity contribution in [2.45, 2.75) is 18.9 Å². The molecular weight excluding hydrogens is 544 g/mol.